The van der Waals surface area contributed by atoms with E-state index in [1.54, 1.807) is 0 Å². The van der Waals surface area contributed by atoms with Gasteiger partial charge in [0, 0.05) is 19.1 Å². The second-order valence-electron chi connectivity index (χ2n) is 3.09. The first-order valence-corrected chi connectivity index (χ1v) is 4.17. The van der Waals surface area contributed by atoms with Crippen LogP contribution in [0.2, 0.25) is 0 Å². The lowest BCUT2D eigenvalue weighted by atomic mass is 10.2. The van der Waals surface area contributed by atoms with Gasteiger partial charge >= 0.3 is 0 Å². The Morgan fingerprint density at radius 2 is 1.70 bits per heavy atom. The van der Waals surface area contributed by atoms with Gasteiger partial charge in [-0.05, 0) is 19.4 Å². The molecule has 1 unspecified atom stereocenters. The SMILES string of the molecule is C1CNC(C2NCCN2)C1. The molecule has 1 atom stereocenters. The third-order valence-corrected chi connectivity index (χ3v) is 2.35. The summed E-state index contributed by atoms with van der Waals surface area (Å²) in [4.78, 5) is 0. The van der Waals surface area contributed by atoms with E-state index >= 15 is 0 Å². The van der Waals surface area contributed by atoms with Crippen LogP contribution in [0.4, 0.5) is 0 Å². The van der Waals surface area contributed by atoms with Gasteiger partial charge in [0.2, 0.25) is 0 Å². The molecule has 2 aliphatic heterocycles. The summed E-state index contributed by atoms with van der Waals surface area (Å²) in [5, 5.41) is 10.3. The van der Waals surface area contributed by atoms with Crippen LogP contribution in [0.1, 0.15) is 12.8 Å². The number of nitrogens with one attached hydrogen (secondary N) is 3. The van der Waals surface area contributed by atoms with Gasteiger partial charge in [0.1, 0.15) is 0 Å². The van der Waals surface area contributed by atoms with E-state index in [-0.39, 0.29) is 0 Å². The number of rotatable bonds is 1. The minimum Gasteiger partial charge on any atom is -0.311 e. The summed E-state index contributed by atoms with van der Waals surface area (Å²) in [6, 6.07) is 0.683. The van der Waals surface area contributed by atoms with Crippen LogP contribution in [0.5, 0.6) is 0 Å². The first-order chi connectivity index (χ1) is 4.97. The molecule has 58 valence electrons. The van der Waals surface area contributed by atoms with Gasteiger partial charge in [0.15, 0.2) is 0 Å². The molecule has 2 aliphatic rings. The molecule has 0 aliphatic carbocycles. The molecule has 0 spiro atoms. The van der Waals surface area contributed by atoms with Gasteiger partial charge < -0.3 is 5.32 Å². The van der Waals surface area contributed by atoms with Gasteiger partial charge in [-0.25, -0.2) is 0 Å². The molecule has 3 heteroatoms. The molecule has 0 aromatic rings. The highest BCUT2D eigenvalue weighted by molar-refractivity contribution is 4.88. The van der Waals surface area contributed by atoms with Gasteiger partial charge in [-0.3, -0.25) is 10.6 Å². The summed E-state index contributed by atoms with van der Waals surface area (Å²) < 4.78 is 0. The van der Waals surface area contributed by atoms with Crippen molar-refractivity contribution < 1.29 is 0 Å². The zero-order valence-corrected chi connectivity index (χ0v) is 6.19. The van der Waals surface area contributed by atoms with Crippen molar-refractivity contribution >= 4 is 0 Å². The monoisotopic (exact) mass is 141 g/mol. The topological polar surface area (TPSA) is 36.1 Å². The molecule has 2 rings (SSSR count). The molecule has 2 heterocycles. The fourth-order valence-corrected chi connectivity index (χ4v) is 1.81. The van der Waals surface area contributed by atoms with Gasteiger partial charge in [-0.2, -0.15) is 0 Å². The minimum absolute atomic E-state index is 0.544. The van der Waals surface area contributed by atoms with E-state index in [0.29, 0.717) is 12.2 Å². The Kier molecular flexibility index (Phi) is 1.88. The minimum atomic E-state index is 0.544. The first kappa shape index (κ1) is 6.58. The van der Waals surface area contributed by atoms with Crippen molar-refractivity contribution in [1.29, 1.82) is 0 Å². The average Bonchev–Trinajstić information content (AvgIpc) is 2.59. The molecule has 0 aromatic carbocycles. The van der Waals surface area contributed by atoms with E-state index in [4.69, 9.17) is 0 Å². The number of hydrogen-bond donors (Lipinski definition) is 3. The van der Waals surface area contributed by atoms with Crippen molar-refractivity contribution in [3.05, 3.63) is 0 Å². The van der Waals surface area contributed by atoms with Crippen LogP contribution in [0.3, 0.4) is 0 Å². The third kappa shape index (κ3) is 1.17. The molecule has 0 saturated carbocycles. The summed E-state index contributed by atoms with van der Waals surface area (Å²) in [6.45, 7) is 3.45. The quantitative estimate of drug-likeness (QED) is 0.450. The van der Waals surface area contributed by atoms with E-state index in [1.165, 1.54) is 19.4 Å². The van der Waals surface area contributed by atoms with Crippen LogP contribution in [0.15, 0.2) is 0 Å². The lowest BCUT2D eigenvalue weighted by molar-refractivity contribution is 0.417. The molecule has 0 bridgehead atoms. The fraction of sp³-hybridized carbons (Fsp3) is 1.00. The largest absolute Gasteiger partial charge is 0.311 e. The predicted octanol–water partition coefficient (Wildman–Crippen LogP) is -0.743. The first-order valence-electron chi connectivity index (χ1n) is 4.17. The fourth-order valence-electron chi connectivity index (χ4n) is 1.81. The van der Waals surface area contributed by atoms with Crippen molar-refractivity contribution in [2.75, 3.05) is 19.6 Å². The molecule has 0 amide bonds. The van der Waals surface area contributed by atoms with E-state index in [1.807, 2.05) is 0 Å². The van der Waals surface area contributed by atoms with Crippen LogP contribution in [0, 0.1) is 0 Å². The summed E-state index contributed by atoms with van der Waals surface area (Å²) in [7, 11) is 0. The molecule has 3 N–H and O–H groups in total. The number of hydrogen-bond acceptors (Lipinski definition) is 3. The Morgan fingerprint density at radius 3 is 2.30 bits per heavy atom. The van der Waals surface area contributed by atoms with Crippen LogP contribution in [-0.2, 0) is 0 Å². The summed E-state index contributed by atoms with van der Waals surface area (Å²) >= 11 is 0. The lowest BCUT2D eigenvalue weighted by Crippen LogP contribution is -2.47. The Hall–Kier alpha value is -0.120. The average molecular weight is 141 g/mol. The molecular formula is C7H15N3. The Balaban J connectivity index is 1.85. The molecule has 0 aromatic heterocycles. The van der Waals surface area contributed by atoms with Crippen molar-refractivity contribution in [2.45, 2.75) is 25.0 Å². The van der Waals surface area contributed by atoms with Gasteiger partial charge in [0.05, 0.1) is 6.17 Å². The predicted molar refractivity (Wildman–Crippen MR) is 40.8 cm³/mol. The van der Waals surface area contributed by atoms with E-state index < -0.39 is 0 Å². The highest BCUT2D eigenvalue weighted by Gasteiger charge is 2.25. The second-order valence-corrected chi connectivity index (χ2v) is 3.09. The van der Waals surface area contributed by atoms with Gasteiger partial charge in [-0.15, -0.1) is 0 Å². The molecule has 2 fully saturated rings. The van der Waals surface area contributed by atoms with Crippen LogP contribution in [-0.4, -0.2) is 31.8 Å². The maximum atomic E-state index is 3.47. The van der Waals surface area contributed by atoms with Crippen LogP contribution >= 0.6 is 0 Å². The molecule has 10 heavy (non-hydrogen) atoms. The van der Waals surface area contributed by atoms with Gasteiger partial charge in [-0.1, -0.05) is 0 Å². The standard InChI is InChI=1S/C7H15N3/c1-2-6(8-3-1)7-9-4-5-10-7/h6-10H,1-5H2. The highest BCUT2D eigenvalue weighted by atomic mass is 15.2. The van der Waals surface area contributed by atoms with E-state index in [9.17, 15) is 0 Å². The zero-order chi connectivity index (χ0) is 6.81. The van der Waals surface area contributed by atoms with E-state index in [0.717, 1.165) is 13.1 Å². The van der Waals surface area contributed by atoms with Crippen molar-refractivity contribution in [1.82, 2.24) is 16.0 Å². The molecule has 2 saturated heterocycles. The van der Waals surface area contributed by atoms with Crippen molar-refractivity contribution in [3.63, 3.8) is 0 Å². The Labute approximate surface area is 61.6 Å². The normalized spacial score (nSPS) is 35.4. The van der Waals surface area contributed by atoms with Gasteiger partial charge in [0.25, 0.3) is 0 Å². The summed E-state index contributed by atoms with van der Waals surface area (Å²) in [5.41, 5.74) is 0. The van der Waals surface area contributed by atoms with Crippen LogP contribution < -0.4 is 16.0 Å². The zero-order valence-electron chi connectivity index (χ0n) is 6.19. The van der Waals surface area contributed by atoms with Crippen molar-refractivity contribution in [3.8, 4) is 0 Å². The maximum absolute atomic E-state index is 3.47. The Bertz CT molecular complexity index is 89.4. The second kappa shape index (κ2) is 2.86. The maximum Gasteiger partial charge on any atom is 0.0730 e. The Morgan fingerprint density at radius 1 is 0.900 bits per heavy atom. The highest BCUT2D eigenvalue weighted by Crippen LogP contribution is 2.08. The molecular weight excluding hydrogens is 126 g/mol. The van der Waals surface area contributed by atoms with Crippen molar-refractivity contribution in [2.24, 2.45) is 0 Å². The summed E-state index contributed by atoms with van der Waals surface area (Å²) in [6.07, 6.45) is 3.21. The summed E-state index contributed by atoms with van der Waals surface area (Å²) in [5.74, 6) is 0. The molecule has 3 nitrogen and oxygen atoms in total. The van der Waals surface area contributed by atoms with E-state index in [2.05, 4.69) is 16.0 Å². The molecule has 0 radical (unpaired) electrons. The smallest absolute Gasteiger partial charge is 0.0730 e. The lowest BCUT2D eigenvalue weighted by Gasteiger charge is -2.18. The third-order valence-electron chi connectivity index (χ3n) is 2.35. The van der Waals surface area contributed by atoms with Crippen LogP contribution in [0.25, 0.3) is 0 Å².